The molecule has 1 rings (SSSR count). The smallest absolute Gasteiger partial charge is 0.182 e. The second-order valence-electron chi connectivity index (χ2n) is 3.61. The second-order valence-corrected chi connectivity index (χ2v) is 6.52. The molecule has 7 heteroatoms. The Morgan fingerprint density at radius 3 is 2.81 bits per heavy atom. The summed E-state index contributed by atoms with van der Waals surface area (Å²) in [6.45, 7) is 1.47. The van der Waals surface area contributed by atoms with Gasteiger partial charge in [-0.05, 0) is 27.9 Å². The van der Waals surface area contributed by atoms with Gasteiger partial charge in [-0.3, -0.25) is 0 Å². The van der Waals surface area contributed by atoms with E-state index >= 15 is 0 Å². The third kappa shape index (κ3) is 3.16. The van der Waals surface area contributed by atoms with Crippen molar-refractivity contribution in [2.45, 2.75) is 11.8 Å². The summed E-state index contributed by atoms with van der Waals surface area (Å²) in [5.41, 5.74) is 5.52. The van der Waals surface area contributed by atoms with E-state index in [0.29, 0.717) is 4.47 Å². The first kappa shape index (κ1) is 13.4. The molecule has 5 nitrogen and oxygen atoms in total. The van der Waals surface area contributed by atoms with Crippen molar-refractivity contribution in [1.82, 2.24) is 4.98 Å². The fourth-order valence-corrected chi connectivity index (χ4v) is 3.39. The topological polar surface area (TPSA) is 93.3 Å². The number of nitrogens with two attached hydrogens (primary N) is 1. The zero-order valence-corrected chi connectivity index (χ0v) is 11.1. The van der Waals surface area contributed by atoms with Crippen LogP contribution in [0.4, 0.5) is 5.82 Å². The van der Waals surface area contributed by atoms with Crippen LogP contribution in [-0.2, 0) is 9.84 Å². The summed E-state index contributed by atoms with van der Waals surface area (Å²) >= 11 is 3.14. The molecule has 1 aromatic rings. The number of rotatable bonds is 4. The van der Waals surface area contributed by atoms with Crippen molar-refractivity contribution < 1.29 is 13.5 Å². The summed E-state index contributed by atoms with van der Waals surface area (Å²) in [7, 11) is -3.50. The highest BCUT2D eigenvalue weighted by molar-refractivity contribution is 9.10. The molecule has 0 aliphatic rings. The number of hydrogen-bond acceptors (Lipinski definition) is 5. The number of aromatic nitrogens is 1. The number of nitrogen functional groups attached to an aromatic ring is 1. The molecule has 90 valence electrons. The van der Waals surface area contributed by atoms with E-state index in [4.69, 9.17) is 10.8 Å². The largest absolute Gasteiger partial charge is 0.396 e. The van der Waals surface area contributed by atoms with Gasteiger partial charge in [0, 0.05) is 17.3 Å². The summed E-state index contributed by atoms with van der Waals surface area (Å²) in [5.74, 6) is -0.497. The standard InChI is InChI=1S/C9H13BrN2O3S/c1-6(4-13)5-16(14,15)8-2-7(10)3-12-9(8)11/h2-3,6,13H,4-5H2,1H3,(H2,11,12). The lowest BCUT2D eigenvalue weighted by Crippen LogP contribution is -2.18. The molecule has 0 aromatic carbocycles. The Morgan fingerprint density at radius 1 is 1.62 bits per heavy atom. The van der Waals surface area contributed by atoms with Gasteiger partial charge in [-0.15, -0.1) is 0 Å². The van der Waals surface area contributed by atoms with Crippen molar-refractivity contribution in [2.75, 3.05) is 18.1 Å². The maximum atomic E-state index is 11.9. The van der Waals surface area contributed by atoms with Crippen molar-refractivity contribution in [3.63, 3.8) is 0 Å². The van der Waals surface area contributed by atoms with Gasteiger partial charge in [-0.25, -0.2) is 13.4 Å². The molecule has 0 aliphatic heterocycles. The first-order valence-electron chi connectivity index (χ1n) is 4.61. The van der Waals surface area contributed by atoms with E-state index in [0.717, 1.165) is 0 Å². The molecule has 0 saturated heterocycles. The lowest BCUT2D eigenvalue weighted by atomic mass is 10.2. The number of aliphatic hydroxyl groups excluding tert-OH is 1. The van der Waals surface area contributed by atoms with E-state index in [1.165, 1.54) is 12.3 Å². The van der Waals surface area contributed by atoms with Crippen molar-refractivity contribution in [3.8, 4) is 0 Å². The van der Waals surface area contributed by atoms with Crippen LogP contribution in [0.1, 0.15) is 6.92 Å². The van der Waals surface area contributed by atoms with Crippen molar-refractivity contribution in [1.29, 1.82) is 0 Å². The lowest BCUT2D eigenvalue weighted by molar-refractivity contribution is 0.249. The van der Waals surface area contributed by atoms with Crippen LogP contribution in [0.3, 0.4) is 0 Å². The molecule has 3 N–H and O–H groups in total. The second kappa shape index (κ2) is 5.11. The van der Waals surface area contributed by atoms with Gasteiger partial charge in [0.15, 0.2) is 9.84 Å². The number of pyridine rings is 1. The minimum atomic E-state index is -3.50. The highest BCUT2D eigenvalue weighted by Crippen LogP contribution is 2.22. The molecule has 1 heterocycles. The van der Waals surface area contributed by atoms with Crippen LogP contribution in [0.25, 0.3) is 0 Å². The van der Waals surface area contributed by atoms with Gasteiger partial charge in [-0.2, -0.15) is 0 Å². The molecule has 0 aliphatic carbocycles. The molecule has 0 radical (unpaired) electrons. The Balaban J connectivity index is 3.12. The van der Waals surface area contributed by atoms with Gasteiger partial charge in [-0.1, -0.05) is 6.92 Å². The predicted octanol–water partition coefficient (Wildman–Crippen LogP) is 0.828. The molecular formula is C9H13BrN2O3S. The molecule has 0 spiro atoms. The predicted molar refractivity (Wildman–Crippen MR) is 64.7 cm³/mol. The van der Waals surface area contributed by atoms with Gasteiger partial charge >= 0.3 is 0 Å². The molecular weight excluding hydrogens is 296 g/mol. The minimum absolute atomic E-state index is 0.00201. The van der Waals surface area contributed by atoms with Gasteiger partial charge in [0.25, 0.3) is 0 Å². The van der Waals surface area contributed by atoms with E-state index < -0.39 is 9.84 Å². The maximum Gasteiger partial charge on any atom is 0.182 e. The SMILES string of the molecule is CC(CO)CS(=O)(=O)c1cc(Br)cnc1N. The number of nitrogens with zero attached hydrogens (tertiary/aromatic N) is 1. The van der Waals surface area contributed by atoms with E-state index in [-0.39, 0.29) is 29.0 Å². The van der Waals surface area contributed by atoms with Crippen LogP contribution >= 0.6 is 15.9 Å². The van der Waals surface area contributed by atoms with Gasteiger partial charge in [0.1, 0.15) is 10.7 Å². The fraction of sp³-hybridized carbons (Fsp3) is 0.444. The molecule has 16 heavy (non-hydrogen) atoms. The third-order valence-corrected chi connectivity index (χ3v) is 4.44. The van der Waals surface area contributed by atoms with Crippen molar-refractivity contribution >= 4 is 31.6 Å². The monoisotopic (exact) mass is 308 g/mol. The van der Waals surface area contributed by atoms with Crippen molar-refractivity contribution in [2.24, 2.45) is 5.92 Å². The Morgan fingerprint density at radius 2 is 2.25 bits per heavy atom. The Labute approximate surface area is 103 Å². The van der Waals surface area contributed by atoms with Gasteiger partial charge in [0.05, 0.1) is 5.75 Å². The summed E-state index contributed by atoms with van der Waals surface area (Å²) in [6.07, 6.45) is 1.43. The number of anilines is 1. The molecule has 0 bridgehead atoms. The highest BCUT2D eigenvalue weighted by atomic mass is 79.9. The molecule has 1 aromatic heterocycles. The van der Waals surface area contributed by atoms with Crippen molar-refractivity contribution in [3.05, 3.63) is 16.7 Å². The normalized spacial score (nSPS) is 13.7. The number of sulfone groups is 1. The third-order valence-electron chi connectivity index (χ3n) is 2.00. The number of aliphatic hydroxyl groups is 1. The summed E-state index contributed by atoms with van der Waals surface area (Å²) < 4.78 is 24.4. The molecule has 0 fully saturated rings. The van der Waals surface area contributed by atoms with Crippen LogP contribution in [0, 0.1) is 5.92 Å². The number of halogens is 1. The first-order valence-corrected chi connectivity index (χ1v) is 7.06. The Kier molecular flexibility index (Phi) is 4.28. The summed E-state index contributed by atoms with van der Waals surface area (Å²) in [6, 6.07) is 1.42. The first-order chi connectivity index (χ1) is 7.36. The van der Waals surface area contributed by atoms with E-state index in [1.807, 2.05) is 0 Å². The minimum Gasteiger partial charge on any atom is -0.396 e. The Hall–Kier alpha value is -0.660. The van der Waals surface area contributed by atoms with Crippen LogP contribution in [0.15, 0.2) is 21.6 Å². The molecule has 1 unspecified atom stereocenters. The molecule has 0 saturated carbocycles. The fourth-order valence-electron chi connectivity index (χ4n) is 1.20. The van der Waals surface area contributed by atoms with Gasteiger partial charge < -0.3 is 10.8 Å². The van der Waals surface area contributed by atoms with Crippen LogP contribution < -0.4 is 5.73 Å². The summed E-state index contributed by atoms with van der Waals surface area (Å²) in [5, 5.41) is 8.85. The van der Waals surface area contributed by atoms with E-state index in [9.17, 15) is 8.42 Å². The molecule has 1 atom stereocenters. The highest BCUT2D eigenvalue weighted by Gasteiger charge is 2.21. The Bertz CT molecular complexity index is 476. The molecule has 0 amide bonds. The van der Waals surface area contributed by atoms with Crippen LogP contribution in [0.5, 0.6) is 0 Å². The summed E-state index contributed by atoms with van der Waals surface area (Å²) in [4.78, 5) is 3.77. The maximum absolute atomic E-state index is 11.9. The van der Waals surface area contributed by atoms with Gasteiger partial charge in [0.2, 0.25) is 0 Å². The van der Waals surface area contributed by atoms with Crippen LogP contribution in [0.2, 0.25) is 0 Å². The average molecular weight is 309 g/mol. The lowest BCUT2D eigenvalue weighted by Gasteiger charge is -2.10. The van der Waals surface area contributed by atoms with Crippen LogP contribution in [-0.4, -0.2) is 30.9 Å². The van der Waals surface area contributed by atoms with E-state index in [1.54, 1.807) is 6.92 Å². The zero-order valence-electron chi connectivity index (χ0n) is 8.72. The quantitative estimate of drug-likeness (QED) is 0.859. The number of hydrogen-bond donors (Lipinski definition) is 2. The average Bonchev–Trinajstić information content (AvgIpc) is 2.20. The van der Waals surface area contributed by atoms with E-state index in [2.05, 4.69) is 20.9 Å². The zero-order chi connectivity index (χ0) is 12.3.